The summed E-state index contributed by atoms with van der Waals surface area (Å²) in [7, 11) is 1.83. The summed E-state index contributed by atoms with van der Waals surface area (Å²) in [5, 5.41) is 0. The molecule has 0 aromatic heterocycles. The molecule has 0 radical (unpaired) electrons. The zero-order valence-electron chi connectivity index (χ0n) is 11.8. The van der Waals surface area contributed by atoms with Gasteiger partial charge in [-0.25, -0.2) is 4.79 Å². The van der Waals surface area contributed by atoms with Crippen LogP contribution in [0, 0.1) is 5.92 Å². The van der Waals surface area contributed by atoms with Crippen molar-refractivity contribution in [1.29, 1.82) is 0 Å². The standard InChI is InChI=1S/C15H23N3O/c1-12-6-5-9-18(11-12)15(19)17(2)14-8-4-3-7-13(14)10-16/h3-4,7-8,12H,5-6,9-11,16H2,1-2H3. The van der Waals surface area contributed by atoms with Crippen LogP contribution in [0.15, 0.2) is 24.3 Å². The van der Waals surface area contributed by atoms with Gasteiger partial charge in [0.05, 0.1) is 0 Å². The van der Waals surface area contributed by atoms with E-state index in [2.05, 4.69) is 6.92 Å². The minimum absolute atomic E-state index is 0.0763. The van der Waals surface area contributed by atoms with Crippen LogP contribution in [-0.2, 0) is 6.54 Å². The molecule has 1 saturated heterocycles. The minimum atomic E-state index is 0.0763. The minimum Gasteiger partial charge on any atom is -0.326 e. The van der Waals surface area contributed by atoms with Gasteiger partial charge in [0.25, 0.3) is 0 Å². The summed E-state index contributed by atoms with van der Waals surface area (Å²) in [6.45, 7) is 4.36. The van der Waals surface area contributed by atoms with Crippen molar-refractivity contribution < 1.29 is 4.79 Å². The van der Waals surface area contributed by atoms with Crippen molar-refractivity contribution in [3.05, 3.63) is 29.8 Å². The van der Waals surface area contributed by atoms with Gasteiger partial charge in [0.15, 0.2) is 0 Å². The molecule has 1 atom stereocenters. The van der Waals surface area contributed by atoms with Gasteiger partial charge in [-0.15, -0.1) is 0 Å². The fourth-order valence-electron chi connectivity index (χ4n) is 2.69. The van der Waals surface area contributed by atoms with E-state index in [4.69, 9.17) is 5.73 Å². The molecule has 0 aliphatic carbocycles. The van der Waals surface area contributed by atoms with Crippen molar-refractivity contribution in [2.45, 2.75) is 26.3 Å². The number of nitrogens with two attached hydrogens (primary N) is 1. The third-order valence-corrected chi connectivity index (χ3v) is 3.79. The van der Waals surface area contributed by atoms with Crippen molar-refractivity contribution >= 4 is 11.7 Å². The highest BCUT2D eigenvalue weighted by atomic mass is 16.2. The average molecular weight is 261 g/mol. The molecule has 104 valence electrons. The van der Waals surface area contributed by atoms with Gasteiger partial charge in [0.1, 0.15) is 0 Å². The topological polar surface area (TPSA) is 49.6 Å². The lowest BCUT2D eigenvalue weighted by Gasteiger charge is -2.34. The number of para-hydroxylation sites is 1. The van der Waals surface area contributed by atoms with Crippen LogP contribution in [0.5, 0.6) is 0 Å². The lowest BCUT2D eigenvalue weighted by Crippen LogP contribution is -2.46. The van der Waals surface area contributed by atoms with Crippen LogP contribution in [0.2, 0.25) is 0 Å². The number of hydrogen-bond donors (Lipinski definition) is 1. The molecule has 0 saturated carbocycles. The number of benzene rings is 1. The highest BCUT2D eigenvalue weighted by molar-refractivity contribution is 5.92. The van der Waals surface area contributed by atoms with Gasteiger partial charge in [0.2, 0.25) is 0 Å². The fourth-order valence-corrected chi connectivity index (χ4v) is 2.69. The third kappa shape index (κ3) is 3.07. The van der Waals surface area contributed by atoms with Crippen LogP contribution in [0.25, 0.3) is 0 Å². The first kappa shape index (κ1) is 13.9. The molecule has 4 nitrogen and oxygen atoms in total. The SMILES string of the molecule is CC1CCCN(C(=O)N(C)c2ccccc2CN)C1. The number of rotatable bonds is 2. The highest BCUT2D eigenvalue weighted by Gasteiger charge is 2.24. The molecule has 1 unspecified atom stereocenters. The molecule has 2 N–H and O–H groups in total. The second-order valence-electron chi connectivity index (χ2n) is 5.37. The Balaban J connectivity index is 2.14. The molecule has 2 amide bonds. The molecule has 1 heterocycles. The Labute approximate surface area is 115 Å². The zero-order chi connectivity index (χ0) is 13.8. The van der Waals surface area contributed by atoms with Gasteiger partial charge in [-0.1, -0.05) is 25.1 Å². The van der Waals surface area contributed by atoms with Gasteiger partial charge in [-0.2, -0.15) is 0 Å². The Morgan fingerprint density at radius 2 is 2.21 bits per heavy atom. The van der Waals surface area contributed by atoms with Gasteiger partial charge >= 0.3 is 6.03 Å². The van der Waals surface area contributed by atoms with E-state index in [1.807, 2.05) is 36.2 Å². The first-order valence-corrected chi connectivity index (χ1v) is 6.94. The molecule has 1 aliphatic heterocycles. The first-order valence-electron chi connectivity index (χ1n) is 6.94. The molecule has 0 spiro atoms. The number of nitrogens with zero attached hydrogens (tertiary/aromatic N) is 2. The Morgan fingerprint density at radius 3 is 2.89 bits per heavy atom. The zero-order valence-corrected chi connectivity index (χ0v) is 11.8. The summed E-state index contributed by atoms with van der Waals surface area (Å²) >= 11 is 0. The number of carbonyl (C=O) groups excluding carboxylic acids is 1. The number of anilines is 1. The summed E-state index contributed by atoms with van der Waals surface area (Å²) in [4.78, 5) is 16.2. The molecule has 0 bridgehead atoms. The van der Waals surface area contributed by atoms with E-state index in [9.17, 15) is 4.79 Å². The maximum Gasteiger partial charge on any atom is 0.324 e. The van der Waals surface area contributed by atoms with Gasteiger partial charge < -0.3 is 10.6 Å². The van der Waals surface area contributed by atoms with Crippen molar-refractivity contribution in [2.75, 3.05) is 25.0 Å². The van der Waals surface area contributed by atoms with Gasteiger partial charge in [0, 0.05) is 32.4 Å². The Morgan fingerprint density at radius 1 is 1.47 bits per heavy atom. The third-order valence-electron chi connectivity index (χ3n) is 3.79. The summed E-state index contributed by atoms with van der Waals surface area (Å²) in [6.07, 6.45) is 2.31. The van der Waals surface area contributed by atoms with E-state index in [0.29, 0.717) is 12.5 Å². The maximum absolute atomic E-state index is 12.5. The monoisotopic (exact) mass is 261 g/mol. The number of likely N-dealkylation sites (tertiary alicyclic amines) is 1. The van der Waals surface area contributed by atoms with Crippen molar-refractivity contribution in [1.82, 2.24) is 4.90 Å². The van der Waals surface area contributed by atoms with Crippen LogP contribution in [-0.4, -0.2) is 31.1 Å². The lowest BCUT2D eigenvalue weighted by atomic mass is 10.0. The van der Waals surface area contributed by atoms with Crippen LogP contribution >= 0.6 is 0 Å². The van der Waals surface area contributed by atoms with E-state index >= 15 is 0 Å². The predicted molar refractivity (Wildman–Crippen MR) is 78.1 cm³/mol. The van der Waals surface area contributed by atoms with Gasteiger partial charge in [-0.3, -0.25) is 4.90 Å². The Kier molecular flexibility index (Phi) is 4.43. The lowest BCUT2D eigenvalue weighted by molar-refractivity contribution is 0.177. The van der Waals surface area contributed by atoms with E-state index in [1.165, 1.54) is 6.42 Å². The number of hydrogen-bond acceptors (Lipinski definition) is 2. The number of urea groups is 1. The normalized spacial score (nSPS) is 19.3. The Bertz CT molecular complexity index is 447. The number of piperidine rings is 1. The molecule has 2 rings (SSSR count). The summed E-state index contributed by atoms with van der Waals surface area (Å²) in [5.41, 5.74) is 7.65. The van der Waals surface area contributed by atoms with Crippen molar-refractivity contribution in [2.24, 2.45) is 11.7 Å². The van der Waals surface area contributed by atoms with Crippen LogP contribution in [0.1, 0.15) is 25.3 Å². The predicted octanol–water partition coefficient (Wildman–Crippen LogP) is 2.43. The second kappa shape index (κ2) is 6.06. The van der Waals surface area contributed by atoms with E-state index in [-0.39, 0.29) is 6.03 Å². The molecule has 1 fully saturated rings. The molecule has 1 aromatic rings. The molecular formula is C15H23N3O. The molecule has 19 heavy (non-hydrogen) atoms. The maximum atomic E-state index is 12.5. The largest absolute Gasteiger partial charge is 0.326 e. The van der Waals surface area contributed by atoms with E-state index in [0.717, 1.165) is 30.8 Å². The van der Waals surface area contributed by atoms with Crippen LogP contribution < -0.4 is 10.6 Å². The smallest absolute Gasteiger partial charge is 0.324 e. The molecule has 4 heteroatoms. The quantitative estimate of drug-likeness (QED) is 0.889. The number of amides is 2. The molecule has 1 aromatic carbocycles. The van der Waals surface area contributed by atoms with Crippen LogP contribution in [0.4, 0.5) is 10.5 Å². The summed E-state index contributed by atoms with van der Waals surface area (Å²) in [5.74, 6) is 0.593. The molecule has 1 aliphatic rings. The van der Waals surface area contributed by atoms with Crippen LogP contribution in [0.3, 0.4) is 0 Å². The average Bonchev–Trinajstić information content (AvgIpc) is 2.45. The molecular weight excluding hydrogens is 238 g/mol. The second-order valence-corrected chi connectivity index (χ2v) is 5.37. The van der Waals surface area contributed by atoms with Crippen molar-refractivity contribution in [3.63, 3.8) is 0 Å². The van der Waals surface area contributed by atoms with E-state index in [1.54, 1.807) is 4.90 Å². The highest BCUT2D eigenvalue weighted by Crippen LogP contribution is 2.22. The Hall–Kier alpha value is -1.55. The van der Waals surface area contributed by atoms with Gasteiger partial charge in [-0.05, 0) is 30.4 Å². The number of carbonyl (C=O) groups is 1. The van der Waals surface area contributed by atoms with E-state index < -0.39 is 0 Å². The first-order chi connectivity index (χ1) is 9.13. The summed E-state index contributed by atoms with van der Waals surface area (Å²) in [6, 6.07) is 7.89. The summed E-state index contributed by atoms with van der Waals surface area (Å²) < 4.78 is 0. The van der Waals surface area contributed by atoms with Crippen molar-refractivity contribution in [3.8, 4) is 0 Å². The fraction of sp³-hybridized carbons (Fsp3) is 0.533.